The van der Waals surface area contributed by atoms with Crippen molar-refractivity contribution in [1.82, 2.24) is 4.57 Å². The molecule has 2 aromatic carbocycles. The average molecular weight is 392 g/mol. The van der Waals surface area contributed by atoms with Crippen LogP contribution in [0.2, 0.25) is 0 Å². The molecule has 1 aromatic heterocycles. The van der Waals surface area contributed by atoms with Crippen LogP contribution in [0.4, 0.5) is 5.69 Å². The number of carbonyl (C=O) groups excluding carboxylic acids is 1. The van der Waals surface area contributed by atoms with E-state index in [0.717, 1.165) is 14.7 Å². The van der Waals surface area contributed by atoms with E-state index >= 15 is 0 Å². The first-order chi connectivity index (χ1) is 11.0. The number of rotatable bonds is 2. The van der Waals surface area contributed by atoms with Gasteiger partial charge in [-0.1, -0.05) is 29.5 Å². The van der Waals surface area contributed by atoms with Gasteiger partial charge in [-0.15, -0.1) is 0 Å². The first kappa shape index (κ1) is 15.6. The van der Waals surface area contributed by atoms with Crippen molar-refractivity contribution >= 4 is 49.1 Å². The normalized spacial score (nSPS) is 11.8. The summed E-state index contributed by atoms with van der Waals surface area (Å²) < 4.78 is 3.65. The van der Waals surface area contributed by atoms with Gasteiger partial charge in [-0.2, -0.15) is 4.99 Å². The van der Waals surface area contributed by atoms with E-state index in [4.69, 9.17) is 0 Å². The predicted octanol–water partition coefficient (Wildman–Crippen LogP) is 3.65. The second kappa shape index (κ2) is 6.05. The van der Waals surface area contributed by atoms with Crippen LogP contribution in [-0.4, -0.2) is 15.4 Å². The lowest BCUT2D eigenvalue weighted by atomic mass is 10.2. The minimum Gasteiger partial charge on any atom is -0.318 e. The number of halogens is 1. The fourth-order valence-electron chi connectivity index (χ4n) is 2.22. The van der Waals surface area contributed by atoms with Gasteiger partial charge in [0.2, 0.25) is 0 Å². The second-order valence-corrected chi connectivity index (χ2v) is 6.58. The van der Waals surface area contributed by atoms with E-state index in [1.807, 2.05) is 18.2 Å². The maximum Gasteiger partial charge on any atom is 0.286 e. The summed E-state index contributed by atoms with van der Waals surface area (Å²) in [6, 6.07) is 11.5. The fourth-order valence-corrected chi connectivity index (χ4v) is 4.03. The number of hydrogen-bond donors (Lipinski definition) is 0. The third-order valence-electron chi connectivity index (χ3n) is 3.30. The largest absolute Gasteiger partial charge is 0.318 e. The maximum atomic E-state index is 12.4. The number of carbonyl (C=O) groups is 1. The summed E-state index contributed by atoms with van der Waals surface area (Å²) in [5.74, 6) is -0.629. The van der Waals surface area contributed by atoms with Gasteiger partial charge in [-0.25, -0.2) is 0 Å². The van der Waals surface area contributed by atoms with E-state index in [1.54, 1.807) is 17.7 Å². The van der Waals surface area contributed by atoms with Gasteiger partial charge in [0, 0.05) is 17.6 Å². The van der Waals surface area contributed by atoms with Crippen molar-refractivity contribution in [2.75, 3.05) is 0 Å². The van der Waals surface area contributed by atoms with Crippen LogP contribution >= 0.6 is 27.3 Å². The summed E-state index contributed by atoms with van der Waals surface area (Å²) >= 11 is 4.82. The Morgan fingerprint density at radius 3 is 2.70 bits per heavy atom. The van der Waals surface area contributed by atoms with E-state index in [2.05, 4.69) is 20.9 Å². The van der Waals surface area contributed by atoms with Crippen molar-refractivity contribution in [3.8, 4) is 0 Å². The van der Waals surface area contributed by atoms with Crippen molar-refractivity contribution in [1.29, 1.82) is 0 Å². The van der Waals surface area contributed by atoms with Crippen molar-refractivity contribution in [2.24, 2.45) is 12.0 Å². The van der Waals surface area contributed by atoms with E-state index in [-0.39, 0.29) is 11.3 Å². The lowest BCUT2D eigenvalue weighted by molar-refractivity contribution is -0.385. The number of hydrogen-bond acceptors (Lipinski definition) is 4. The molecule has 3 aromatic rings. The number of aryl methyl sites for hydroxylation is 1. The number of aromatic nitrogens is 1. The van der Waals surface area contributed by atoms with Crippen LogP contribution in [0.3, 0.4) is 0 Å². The topological polar surface area (TPSA) is 77.5 Å². The molecule has 116 valence electrons. The number of nitro groups is 1. The minimum atomic E-state index is -0.629. The highest BCUT2D eigenvalue weighted by molar-refractivity contribution is 9.10. The van der Waals surface area contributed by atoms with Gasteiger partial charge in [-0.05, 0) is 34.1 Å². The number of fused-ring (bicyclic) bond motifs is 1. The Hall–Kier alpha value is -2.32. The monoisotopic (exact) mass is 391 g/mol. The molecule has 0 unspecified atom stereocenters. The molecule has 0 spiro atoms. The minimum absolute atomic E-state index is 0.0194. The predicted molar refractivity (Wildman–Crippen MR) is 91.5 cm³/mol. The molecular formula is C15H10BrN3O3S. The first-order valence-corrected chi connectivity index (χ1v) is 8.16. The molecule has 3 rings (SSSR count). The van der Waals surface area contributed by atoms with Gasteiger partial charge in [0.1, 0.15) is 5.56 Å². The molecule has 1 heterocycles. The second-order valence-electron chi connectivity index (χ2n) is 4.72. The van der Waals surface area contributed by atoms with Crippen LogP contribution in [0, 0.1) is 10.1 Å². The standard InChI is InChI=1S/C15H10BrN3O3S/c1-18-13-10(16)6-4-8-12(13)23-15(18)17-14(20)9-5-2-3-7-11(9)19(21)22/h2-8H,1H3. The quantitative estimate of drug-likeness (QED) is 0.493. The summed E-state index contributed by atoms with van der Waals surface area (Å²) in [6.07, 6.45) is 0. The number of para-hydroxylation sites is 2. The molecular weight excluding hydrogens is 382 g/mol. The Bertz CT molecular complexity index is 1010. The van der Waals surface area contributed by atoms with Crippen LogP contribution < -0.4 is 4.80 Å². The molecule has 0 saturated heterocycles. The van der Waals surface area contributed by atoms with Crippen molar-refractivity contribution in [3.63, 3.8) is 0 Å². The number of nitrogens with zero attached hydrogens (tertiary/aromatic N) is 3. The highest BCUT2D eigenvalue weighted by Gasteiger charge is 2.19. The van der Waals surface area contributed by atoms with Gasteiger partial charge in [0.15, 0.2) is 4.80 Å². The number of benzene rings is 2. The molecule has 0 N–H and O–H groups in total. The van der Waals surface area contributed by atoms with Crippen molar-refractivity contribution in [2.45, 2.75) is 0 Å². The van der Waals surface area contributed by atoms with Crippen molar-refractivity contribution in [3.05, 3.63) is 67.4 Å². The Balaban J connectivity index is 2.16. The van der Waals surface area contributed by atoms with Crippen LogP contribution in [0.5, 0.6) is 0 Å². The average Bonchev–Trinajstić information content (AvgIpc) is 2.84. The smallest absolute Gasteiger partial charge is 0.286 e. The van der Waals surface area contributed by atoms with E-state index in [0.29, 0.717) is 4.80 Å². The zero-order valence-corrected chi connectivity index (χ0v) is 14.3. The van der Waals surface area contributed by atoms with E-state index in [1.165, 1.54) is 29.5 Å². The summed E-state index contributed by atoms with van der Waals surface area (Å²) in [5, 5.41) is 11.0. The summed E-state index contributed by atoms with van der Waals surface area (Å²) in [5.41, 5.74) is 0.659. The fraction of sp³-hybridized carbons (Fsp3) is 0.0667. The molecule has 0 radical (unpaired) electrons. The SMILES string of the molecule is Cn1c(=NC(=O)c2ccccc2[N+](=O)[O-])sc2cccc(Br)c21. The van der Waals surface area contributed by atoms with Crippen LogP contribution in [-0.2, 0) is 7.05 Å². The van der Waals surface area contributed by atoms with Gasteiger partial charge in [-0.3, -0.25) is 14.9 Å². The Labute approximate surface area is 143 Å². The molecule has 0 atom stereocenters. The maximum absolute atomic E-state index is 12.4. The Morgan fingerprint density at radius 1 is 1.26 bits per heavy atom. The van der Waals surface area contributed by atoms with Crippen LogP contribution in [0.25, 0.3) is 10.2 Å². The molecule has 1 amide bonds. The molecule has 0 fully saturated rings. The molecule has 6 nitrogen and oxygen atoms in total. The van der Waals surface area contributed by atoms with Crippen molar-refractivity contribution < 1.29 is 9.72 Å². The zero-order chi connectivity index (χ0) is 16.6. The van der Waals surface area contributed by atoms with Crippen LogP contribution in [0.15, 0.2) is 51.9 Å². The summed E-state index contributed by atoms with van der Waals surface area (Å²) in [4.78, 5) is 27.4. The molecule has 0 aliphatic heterocycles. The third-order valence-corrected chi connectivity index (χ3v) is 5.04. The Morgan fingerprint density at radius 2 is 2.00 bits per heavy atom. The molecule has 23 heavy (non-hydrogen) atoms. The van der Waals surface area contributed by atoms with Gasteiger partial charge >= 0.3 is 0 Å². The molecule has 8 heteroatoms. The first-order valence-electron chi connectivity index (χ1n) is 6.55. The summed E-state index contributed by atoms with van der Waals surface area (Å²) in [7, 11) is 1.80. The highest BCUT2D eigenvalue weighted by atomic mass is 79.9. The molecule has 0 saturated carbocycles. The number of thiazole rings is 1. The molecule has 0 bridgehead atoms. The highest BCUT2D eigenvalue weighted by Crippen LogP contribution is 2.25. The van der Waals surface area contributed by atoms with E-state index < -0.39 is 10.8 Å². The molecule has 0 aliphatic rings. The number of amides is 1. The number of nitro benzene ring substituents is 1. The van der Waals surface area contributed by atoms with Crippen LogP contribution in [0.1, 0.15) is 10.4 Å². The van der Waals surface area contributed by atoms with Gasteiger partial charge in [0.25, 0.3) is 11.6 Å². The molecule has 0 aliphatic carbocycles. The lowest BCUT2D eigenvalue weighted by Gasteiger charge is -1.99. The zero-order valence-electron chi connectivity index (χ0n) is 11.9. The Kier molecular flexibility index (Phi) is 4.10. The lowest BCUT2D eigenvalue weighted by Crippen LogP contribution is -2.14. The van der Waals surface area contributed by atoms with Gasteiger partial charge < -0.3 is 4.57 Å². The summed E-state index contributed by atoms with van der Waals surface area (Å²) in [6.45, 7) is 0. The van der Waals surface area contributed by atoms with E-state index in [9.17, 15) is 14.9 Å². The van der Waals surface area contributed by atoms with Gasteiger partial charge in [0.05, 0.1) is 15.1 Å². The third kappa shape index (κ3) is 2.82.